The van der Waals surface area contributed by atoms with Crippen LogP contribution in [-0.4, -0.2) is 41.3 Å². The van der Waals surface area contributed by atoms with Gasteiger partial charge in [-0.2, -0.15) is 0 Å². The zero-order valence-corrected chi connectivity index (χ0v) is 10.8. The van der Waals surface area contributed by atoms with E-state index in [0.29, 0.717) is 5.75 Å². The Labute approximate surface area is 111 Å². The zero-order valence-electron chi connectivity index (χ0n) is 10.8. The molecule has 0 aliphatic heterocycles. The third-order valence-electron chi connectivity index (χ3n) is 2.38. The van der Waals surface area contributed by atoms with Gasteiger partial charge in [-0.25, -0.2) is 4.79 Å². The number of aliphatic carboxylic acids is 1. The molecule has 0 spiro atoms. The summed E-state index contributed by atoms with van der Waals surface area (Å²) >= 11 is 0. The highest BCUT2D eigenvalue weighted by atomic mass is 16.5. The molecule has 1 aromatic rings. The van der Waals surface area contributed by atoms with Crippen LogP contribution in [-0.2, 0) is 9.59 Å². The molecule has 0 bridgehead atoms. The molecule has 0 saturated carbocycles. The lowest BCUT2D eigenvalue weighted by Crippen LogP contribution is -2.45. The molecule has 19 heavy (non-hydrogen) atoms. The molecule has 0 aliphatic rings. The third-order valence-corrected chi connectivity index (χ3v) is 2.38. The minimum atomic E-state index is -1.31. The van der Waals surface area contributed by atoms with Crippen molar-refractivity contribution in [3.8, 4) is 5.75 Å². The molecule has 104 valence electrons. The number of carboxylic acids is 1. The molecule has 0 unspecified atom stereocenters. The molecule has 1 amide bonds. The number of nitrogens with one attached hydrogen (secondary N) is 1. The highest BCUT2D eigenvalue weighted by molar-refractivity contribution is 5.84. The first kappa shape index (κ1) is 15.0. The average Bonchev–Trinajstić information content (AvgIpc) is 2.32. The second-order valence-corrected chi connectivity index (χ2v) is 4.25. The number of rotatable bonds is 6. The van der Waals surface area contributed by atoms with E-state index in [-0.39, 0.29) is 6.61 Å². The first-order valence-electron chi connectivity index (χ1n) is 5.76. The second kappa shape index (κ2) is 6.75. The van der Waals surface area contributed by atoms with Crippen molar-refractivity contribution in [2.75, 3.05) is 13.2 Å². The van der Waals surface area contributed by atoms with Crippen LogP contribution in [0.5, 0.6) is 5.75 Å². The topological polar surface area (TPSA) is 95.9 Å². The van der Waals surface area contributed by atoms with Gasteiger partial charge in [0, 0.05) is 0 Å². The Hall–Kier alpha value is -2.08. The second-order valence-electron chi connectivity index (χ2n) is 4.25. The Kier molecular flexibility index (Phi) is 5.32. The first-order valence-corrected chi connectivity index (χ1v) is 5.76. The van der Waals surface area contributed by atoms with Gasteiger partial charge < -0.3 is 20.3 Å². The van der Waals surface area contributed by atoms with Crippen molar-refractivity contribution in [1.29, 1.82) is 0 Å². The quantitative estimate of drug-likeness (QED) is 0.686. The fraction of sp³-hybridized carbons (Fsp3) is 0.385. The van der Waals surface area contributed by atoms with E-state index in [4.69, 9.17) is 14.9 Å². The van der Waals surface area contributed by atoms with Crippen molar-refractivity contribution in [3.05, 3.63) is 29.3 Å². The molecule has 0 aromatic heterocycles. The maximum atomic E-state index is 11.4. The van der Waals surface area contributed by atoms with Gasteiger partial charge in [0.05, 0.1) is 6.61 Å². The standard InChI is InChI=1S/C13H17NO5/c1-8-3-9(2)5-10(4-8)19-7-12(16)14-11(6-15)13(17)18/h3-5,11,15H,6-7H2,1-2H3,(H,14,16)(H,17,18)/t11-/m0/s1. The van der Waals surface area contributed by atoms with Crippen LogP contribution >= 0.6 is 0 Å². The third kappa shape index (κ3) is 4.97. The van der Waals surface area contributed by atoms with E-state index in [9.17, 15) is 9.59 Å². The Morgan fingerprint density at radius 1 is 1.26 bits per heavy atom. The van der Waals surface area contributed by atoms with Gasteiger partial charge in [0.25, 0.3) is 5.91 Å². The fourth-order valence-electron chi connectivity index (χ4n) is 1.59. The summed E-state index contributed by atoms with van der Waals surface area (Å²) in [5, 5.41) is 19.6. The lowest BCUT2D eigenvalue weighted by atomic mass is 10.1. The van der Waals surface area contributed by atoms with Crippen LogP contribution in [0.15, 0.2) is 18.2 Å². The number of benzene rings is 1. The largest absolute Gasteiger partial charge is 0.484 e. The predicted molar refractivity (Wildman–Crippen MR) is 68.1 cm³/mol. The molecule has 6 nitrogen and oxygen atoms in total. The van der Waals surface area contributed by atoms with Crippen molar-refractivity contribution in [3.63, 3.8) is 0 Å². The molecule has 1 rings (SSSR count). The minimum absolute atomic E-state index is 0.299. The molecule has 3 N–H and O–H groups in total. The molecule has 0 saturated heterocycles. The lowest BCUT2D eigenvalue weighted by molar-refractivity contribution is -0.143. The Balaban J connectivity index is 2.52. The summed E-state index contributed by atoms with van der Waals surface area (Å²) in [6.07, 6.45) is 0. The van der Waals surface area contributed by atoms with Crippen molar-refractivity contribution < 1.29 is 24.5 Å². The van der Waals surface area contributed by atoms with Gasteiger partial charge >= 0.3 is 5.97 Å². The van der Waals surface area contributed by atoms with Gasteiger partial charge in [-0.05, 0) is 37.1 Å². The Bertz CT molecular complexity index is 452. The molecule has 6 heteroatoms. The summed E-state index contributed by atoms with van der Waals surface area (Å²) in [5.41, 5.74) is 2.02. The van der Waals surface area contributed by atoms with E-state index in [1.54, 1.807) is 12.1 Å². The van der Waals surface area contributed by atoms with Crippen molar-refractivity contribution in [2.45, 2.75) is 19.9 Å². The molecule has 0 aliphatic carbocycles. The number of hydrogen-bond acceptors (Lipinski definition) is 4. The number of carbonyl (C=O) groups excluding carboxylic acids is 1. The summed E-state index contributed by atoms with van der Waals surface area (Å²) in [5.74, 6) is -1.34. The molecule has 1 aromatic carbocycles. The SMILES string of the molecule is Cc1cc(C)cc(OCC(=O)N[C@@H](CO)C(=O)O)c1. The normalized spacial score (nSPS) is 11.7. The van der Waals surface area contributed by atoms with Crippen LogP contribution < -0.4 is 10.1 Å². The van der Waals surface area contributed by atoms with Gasteiger partial charge in [0.2, 0.25) is 0 Å². The number of carboxylic acid groups (broad SMARTS) is 1. The number of aliphatic hydroxyl groups excluding tert-OH is 1. The van der Waals surface area contributed by atoms with Crippen molar-refractivity contribution in [1.82, 2.24) is 5.32 Å². The molecular weight excluding hydrogens is 250 g/mol. The molecular formula is C13H17NO5. The maximum absolute atomic E-state index is 11.4. The number of aryl methyl sites for hydroxylation is 2. The summed E-state index contributed by atoms with van der Waals surface area (Å²) in [7, 11) is 0. The summed E-state index contributed by atoms with van der Waals surface area (Å²) in [6.45, 7) is 2.86. The van der Waals surface area contributed by atoms with Crippen molar-refractivity contribution >= 4 is 11.9 Å². The van der Waals surface area contributed by atoms with Crippen LogP contribution in [0.25, 0.3) is 0 Å². The lowest BCUT2D eigenvalue weighted by Gasteiger charge is -2.12. The van der Waals surface area contributed by atoms with E-state index < -0.39 is 24.5 Å². The van der Waals surface area contributed by atoms with Crippen molar-refractivity contribution in [2.24, 2.45) is 0 Å². The van der Waals surface area contributed by atoms with Gasteiger partial charge in [0.15, 0.2) is 6.61 Å². The first-order chi connectivity index (χ1) is 8.92. The molecule has 0 heterocycles. The van der Waals surface area contributed by atoms with E-state index in [1.807, 2.05) is 19.9 Å². The predicted octanol–water partition coefficient (Wildman–Crippen LogP) is 0.244. The van der Waals surface area contributed by atoms with E-state index >= 15 is 0 Å². The minimum Gasteiger partial charge on any atom is -0.484 e. The summed E-state index contributed by atoms with van der Waals surface area (Å²) in [4.78, 5) is 22.1. The number of amides is 1. The van der Waals surface area contributed by atoms with Crippen LogP contribution in [0.4, 0.5) is 0 Å². The van der Waals surface area contributed by atoms with E-state index in [1.165, 1.54) is 0 Å². The zero-order chi connectivity index (χ0) is 14.4. The molecule has 1 atom stereocenters. The van der Waals surface area contributed by atoms with Crippen LogP contribution in [0.3, 0.4) is 0 Å². The van der Waals surface area contributed by atoms with Gasteiger partial charge in [-0.1, -0.05) is 6.07 Å². The van der Waals surface area contributed by atoms with Gasteiger partial charge in [-0.3, -0.25) is 4.79 Å². The molecule has 0 fully saturated rings. The average molecular weight is 267 g/mol. The summed E-state index contributed by atoms with van der Waals surface area (Å²) < 4.78 is 5.27. The van der Waals surface area contributed by atoms with Gasteiger partial charge in [-0.15, -0.1) is 0 Å². The van der Waals surface area contributed by atoms with Gasteiger partial charge in [0.1, 0.15) is 11.8 Å². The Morgan fingerprint density at radius 2 is 1.84 bits per heavy atom. The molecule has 0 radical (unpaired) electrons. The van der Waals surface area contributed by atoms with Crippen LogP contribution in [0, 0.1) is 13.8 Å². The highest BCUT2D eigenvalue weighted by Crippen LogP contribution is 2.15. The van der Waals surface area contributed by atoms with Crippen LogP contribution in [0.1, 0.15) is 11.1 Å². The number of carbonyl (C=O) groups is 2. The number of ether oxygens (including phenoxy) is 1. The van der Waals surface area contributed by atoms with Crippen LogP contribution in [0.2, 0.25) is 0 Å². The number of hydrogen-bond donors (Lipinski definition) is 3. The monoisotopic (exact) mass is 267 g/mol. The van der Waals surface area contributed by atoms with E-state index in [0.717, 1.165) is 11.1 Å². The van der Waals surface area contributed by atoms with E-state index in [2.05, 4.69) is 5.32 Å². The highest BCUT2D eigenvalue weighted by Gasteiger charge is 2.18. The maximum Gasteiger partial charge on any atom is 0.328 e. The smallest absolute Gasteiger partial charge is 0.328 e. The summed E-state index contributed by atoms with van der Waals surface area (Å²) in [6, 6.07) is 4.22. The number of aliphatic hydroxyl groups is 1. The fourth-order valence-corrected chi connectivity index (χ4v) is 1.59. The Morgan fingerprint density at radius 3 is 2.32 bits per heavy atom.